The van der Waals surface area contributed by atoms with Crippen molar-refractivity contribution >= 4 is 23.6 Å². The smallest absolute Gasteiger partial charge is 0.253 e. The second-order valence-electron chi connectivity index (χ2n) is 7.65. The molecular formula is C22H29N3O4. The van der Waals surface area contributed by atoms with Crippen LogP contribution in [0, 0.1) is 5.92 Å². The molecule has 7 nitrogen and oxygen atoms in total. The van der Waals surface area contributed by atoms with Crippen molar-refractivity contribution in [3.8, 4) is 0 Å². The van der Waals surface area contributed by atoms with Gasteiger partial charge in [-0.15, -0.1) is 0 Å². The first kappa shape index (κ1) is 21.0. The third kappa shape index (κ3) is 4.66. The molecule has 1 aromatic carbocycles. The van der Waals surface area contributed by atoms with Gasteiger partial charge >= 0.3 is 0 Å². The zero-order valence-electron chi connectivity index (χ0n) is 17.2. The number of likely N-dealkylation sites (tertiary alicyclic amines) is 2. The van der Waals surface area contributed by atoms with Gasteiger partial charge in [-0.2, -0.15) is 0 Å². The van der Waals surface area contributed by atoms with Crippen molar-refractivity contribution in [2.24, 2.45) is 5.92 Å². The van der Waals surface area contributed by atoms with E-state index in [2.05, 4.69) is 0 Å². The molecule has 0 atom stereocenters. The van der Waals surface area contributed by atoms with Crippen LogP contribution in [-0.2, 0) is 20.9 Å². The zero-order chi connectivity index (χ0) is 21.0. The summed E-state index contributed by atoms with van der Waals surface area (Å²) < 4.78 is 0. The minimum atomic E-state index is -0.141. The van der Waals surface area contributed by atoms with Crippen molar-refractivity contribution < 1.29 is 19.2 Å². The topological polar surface area (TPSA) is 78.0 Å². The molecule has 7 heteroatoms. The second kappa shape index (κ2) is 9.20. The molecule has 0 N–H and O–H groups in total. The maximum absolute atomic E-state index is 12.8. The van der Waals surface area contributed by atoms with E-state index in [1.807, 2.05) is 18.7 Å². The van der Waals surface area contributed by atoms with Crippen LogP contribution in [0.2, 0.25) is 0 Å². The van der Waals surface area contributed by atoms with Gasteiger partial charge in [0.2, 0.25) is 17.7 Å². The lowest BCUT2D eigenvalue weighted by Gasteiger charge is -2.33. The van der Waals surface area contributed by atoms with Gasteiger partial charge < -0.3 is 9.80 Å². The van der Waals surface area contributed by atoms with E-state index in [4.69, 9.17) is 0 Å². The fourth-order valence-electron chi connectivity index (χ4n) is 4.04. The summed E-state index contributed by atoms with van der Waals surface area (Å²) in [7, 11) is 0. The first-order valence-corrected chi connectivity index (χ1v) is 10.4. The van der Waals surface area contributed by atoms with Gasteiger partial charge in [0.25, 0.3) is 5.91 Å². The molecule has 0 bridgehead atoms. The van der Waals surface area contributed by atoms with Gasteiger partial charge in [-0.05, 0) is 44.4 Å². The van der Waals surface area contributed by atoms with E-state index < -0.39 is 0 Å². The molecule has 0 unspecified atom stereocenters. The summed E-state index contributed by atoms with van der Waals surface area (Å²) in [6.45, 7) is 6.82. The Balaban J connectivity index is 1.55. The molecule has 156 valence electrons. The quantitative estimate of drug-likeness (QED) is 0.686. The minimum absolute atomic E-state index is 0.00291. The second-order valence-corrected chi connectivity index (χ2v) is 7.65. The van der Waals surface area contributed by atoms with Crippen LogP contribution in [0.4, 0.5) is 0 Å². The molecule has 2 fully saturated rings. The van der Waals surface area contributed by atoms with E-state index in [1.54, 1.807) is 29.2 Å². The lowest BCUT2D eigenvalue weighted by Crippen LogP contribution is -2.44. The SMILES string of the molecule is CCN(CC)C(=O)C1CCN(C(=O)c2ccc(CN3C(=O)CCC3=O)cc2)CC1. The standard InChI is InChI=1S/C22H29N3O4/c1-3-23(4-2)21(28)18-11-13-24(14-12-18)22(29)17-7-5-16(6-8-17)15-25-19(26)9-10-20(25)27/h5-8,18H,3-4,9-15H2,1-2H3. The maximum Gasteiger partial charge on any atom is 0.253 e. The predicted molar refractivity (Wildman–Crippen MR) is 108 cm³/mol. The number of carbonyl (C=O) groups is 4. The van der Waals surface area contributed by atoms with E-state index in [-0.39, 0.29) is 48.9 Å². The zero-order valence-corrected chi connectivity index (χ0v) is 17.2. The fraction of sp³-hybridized carbons (Fsp3) is 0.545. The number of nitrogens with zero attached hydrogens (tertiary/aromatic N) is 3. The third-order valence-electron chi connectivity index (χ3n) is 5.90. The van der Waals surface area contributed by atoms with Crippen LogP contribution >= 0.6 is 0 Å². The number of imide groups is 1. The van der Waals surface area contributed by atoms with Gasteiger partial charge in [-0.1, -0.05) is 12.1 Å². The Labute approximate surface area is 171 Å². The molecule has 2 aliphatic rings. The van der Waals surface area contributed by atoms with Gasteiger partial charge in [0.1, 0.15) is 0 Å². The average Bonchev–Trinajstić information content (AvgIpc) is 3.06. The predicted octanol–water partition coefficient (Wildman–Crippen LogP) is 2.06. The number of rotatable bonds is 6. The molecule has 2 aliphatic heterocycles. The van der Waals surface area contributed by atoms with Gasteiger partial charge in [0.15, 0.2) is 0 Å². The van der Waals surface area contributed by atoms with Crippen LogP contribution in [-0.4, -0.2) is 64.5 Å². The van der Waals surface area contributed by atoms with Gasteiger partial charge in [0, 0.05) is 50.5 Å². The molecule has 2 heterocycles. The molecule has 0 aromatic heterocycles. The average molecular weight is 399 g/mol. The molecule has 0 aliphatic carbocycles. The first-order chi connectivity index (χ1) is 13.9. The molecule has 4 amide bonds. The Morgan fingerprint density at radius 1 is 0.966 bits per heavy atom. The fourth-order valence-corrected chi connectivity index (χ4v) is 4.04. The monoisotopic (exact) mass is 399 g/mol. The summed E-state index contributed by atoms with van der Waals surface area (Å²) >= 11 is 0. The van der Waals surface area contributed by atoms with E-state index in [0.717, 1.165) is 18.7 Å². The largest absolute Gasteiger partial charge is 0.343 e. The van der Waals surface area contributed by atoms with Crippen LogP contribution in [0.3, 0.4) is 0 Å². The highest BCUT2D eigenvalue weighted by Crippen LogP contribution is 2.22. The summed E-state index contributed by atoms with van der Waals surface area (Å²) in [5.74, 6) is -0.137. The Bertz CT molecular complexity index is 762. The molecule has 0 spiro atoms. The van der Waals surface area contributed by atoms with Crippen LogP contribution < -0.4 is 0 Å². The summed E-state index contributed by atoms with van der Waals surface area (Å²) in [6.07, 6.45) is 1.95. The van der Waals surface area contributed by atoms with Gasteiger partial charge in [0.05, 0.1) is 6.54 Å². The molecule has 2 saturated heterocycles. The van der Waals surface area contributed by atoms with Crippen LogP contribution in [0.25, 0.3) is 0 Å². The van der Waals surface area contributed by atoms with Crippen LogP contribution in [0.15, 0.2) is 24.3 Å². The lowest BCUT2D eigenvalue weighted by molar-refractivity contribution is -0.139. The highest BCUT2D eigenvalue weighted by atomic mass is 16.2. The van der Waals surface area contributed by atoms with Crippen molar-refractivity contribution in [3.63, 3.8) is 0 Å². The summed E-state index contributed by atoms with van der Waals surface area (Å²) in [5, 5.41) is 0. The Morgan fingerprint density at radius 2 is 1.52 bits per heavy atom. The summed E-state index contributed by atoms with van der Waals surface area (Å²) in [4.78, 5) is 53.7. The highest BCUT2D eigenvalue weighted by Gasteiger charge is 2.30. The van der Waals surface area contributed by atoms with E-state index in [0.29, 0.717) is 31.5 Å². The maximum atomic E-state index is 12.8. The molecule has 29 heavy (non-hydrogen) atoms. The minimum Gasteiger partial charge on any atom is -0.343 e. The van der Waals surface area contributed by atoms with Crippen molar-refractivity contribution in [2.75, 3.05) is 26.2 Å². The Kier molecular flexibility index (Phi) is 6.67. The first-order valence-electron chi connectivity index (χ1n) is 10.4. The van der Waals surface area contributed by atoms with Crippen molar-refractivity contribution in [2.45, 2.75) is 46.1 Å². The Morgan fingerprint density at radius 3 is 2.03 bits per heavy atom. The highest BCUT2D eigenvalue weighted by molar-refractivity contribution is 6.01. The molecular weight excluding hydrogens is 370 g/mol. The molecule has 0 radical (unpaired) electrons. The normalized spacial score (nSPS) is 17.7. The summed E-state index contributed by atoms with van der Waals surface area (Å²) in [5.41, 5.74) is 1.41. The van der Waals surface area contributed by atoms with Crippen molar-refractivity contribution in [1.29, 1.82) is 0 Å². The van der Waals surface area contributed by atoms with E-state index in [1.165, 1.54) is 4.90 Å². The number of amides is 4. The Hall–Kier alpha value is -2.70. The van der Waals surface area contributed by atoms with E-state index in [9.17, 15) is 19.2 Å². The number of hydrogen-bond donors (Lipinski definition) is 0. The number of hydrogen-bond acceptors (Lipinski definition) is 4. The van der Waals surface area contributed by atoms with E-state index >= 15 is 0 Å². The van der Waals surface area contributed by atoms with Crippen molar-refractivity contribution in [3.05, 3.63) is 35.4 Å². The number of carbonyl (C=O) groups excluding carboxylic acids is 4. The third-order valence-corrected chi connectivity index (χ3v) is 5.90. The molecule has 1 aromatic rings. The van der Waals surface area contributed by atoms with Gasteiger partial charge in [-0.25, -0.2) is 0 Å². The van der Waals surface area contributed by atoms with Crippen molar-refractivity contribution in [1.82, 2.24) is 14.7 Å². The number of piperidine rings is 1. The van der Waals surface area contributed by atoms with Crippen LogP contribution in [0.1, 0.15) is 55.5 Å². The summed E-state index contributed by atoms with van der Waals surface area (Å²) in [6, 6.07) is 7.08. The molecule has 3 rings (SSSR count). The van der Waals surface area contributed by atoms with Gasteiger partial charge in [-0.3, -0.25) is 24.1 Å². The molecule has 0 saturated carbocycles. The lowest BCUT2D eigenvalue weighted by atomic mass is 9.94. The van der Waals surface area contributed by atoms with Crippen LogP contribution in [0.5, 0.6) is 0 Å². The number of benzene rings is 1.